The highest BCUT2D eigenvalue weighted by Crippen LogP contribution is 2.22. The van der Waals surface area contributed by atoms with Crippen molar-refractivity contribution in [3.8, 4) is 0 Å². The average Bonchev–Trinajstić information content (AvgIpc) is 3.38. The average molecular weight is 512 g/mol. The van der Waals surface area contributed by atoms with Gasteiger partial charge >= 0.3 is 0 Å². The molecule has 0 radical (unpaired) electrons. The lowest BCUT2D eigenvalue weighted by atomic mass is 9.96. The van der Waals surface area contributed by atoms with Crippen LogP contribution in [0, 0.1) is 23.1 Å². The van der Waals surface area contributed by atoms with Crippen molar-refractivity contribution in [2.75, 3.05) is 46.4 Å². The molecule has 1 amide bonds. The summed E-state index contributed by atoms with van der Waals surface area (Å²) < 4.78 is 18.2. The van der Waals surface area contributed by atoms with Gasteiger partial charge in [0.15, 0.2) is 6.29 Å². The topological polar surface area (TPSA) is 102 Å². The van der Waals surface area contributed by atoms with Crippen LogP contribution in [0.5, 0.6) is 0 Å². The summed E-state index contributed by atoms with van der Waals surface area (Å²) in [4.78, 5) is 34.1. The molecule has 1 aromatic heterocycles. The van der Waals surface area contributed by atoms with Gasteiger partial charge in [0.25, 0.3) is 0 Å². The van der Waals surface area contributed by atoms with Crippen LogP contribution in [0.1, 0.15) is 55.0 Å². The zero-order chi connectivity index (χ0) is 26.8. The Kier molecular flexibility index (Phi) is 10.7. The number of nitrogens with zero attached hydrogens (tertiary/aromatic N) is 3. The minimum Gasteiger partial charge on any atom is -0.381 e. The number of H-pyrrole nitrogens is 1. The van der Waals surface area contributed by atoms with Crippen molar-refractivity contribution >= 4 is 23.5 Å². The molecule has 0 unspecified atom stereocenters. The number of likely N-dealkylation sites (N-methyl/N-ethyl adjacent to an activating group) is 1. The number of piperazine rings is 1. The number of benzene rings is 1. The lowest BCUT2D eigenvalue weighted by Gasteiger charge is -2.33. The molecule has 0 saturated carbocycles. The lowest BCUT2D eigenvalue weighted by Crippen LogP contribution is -2.47. The summed E-state index contributed by atoms with van der Waals surface area (Å²) in [6, 6.07) is 5.77. The number of carbonyl (C=O) groups is 2. The minimum absolute atomic E-state index is 0.122. The highest BCUT2D eigenvalue weighted by atomic mass is 19.1. The molecule has 2 aliphatic rings. The van der Waals surface area contributed by atoms with E-state index in [2.05, 4.69) is 21.9 Å². The van der Waals surface area contributed by atoms with Crippen LogP contribution >= 0.6 is 0 Å². The van der Waals surface area contributed by atoms with Crippen LogP contribution in [0.15, 0.2) is 36.5 Å². The van der Waals surface area contributed by atoms with Crippen LogP contribution < -0.4 is 0 Å². The fourth-order valence-corrected chi connectivity index (χ4v) is 4.30. The first kappa shape index (κ1) is 28.4. The maximum atomic E-state index is 12.9. The van der Waals surface area contributed by atoms with Crippen LogP contribution in [0.2, 0.25) is 0 Å². The van der Waals surface area contributed by atoms with Gasteiger partial charge < -0.3 is 24.9 Å². The molecule has 0 bridgehead atoms. The van der Waals surface area contributed by atoms with Gasteiger partial charge in [-0.05, 0) is 73.2 Å². The molecule has 2 fully saturated rings. The molecule has 3 heterocycles. The van der Waals surface area contributed by atoms with Crippen LogP contribution in [-0.2, 0) is 9.53 Å². The number of hydrogen-bond acceptors (Lipinski definition) is 6. The van der Waals surface area contributed by atoms with E-state index >= 15 is 0 Å². The van der Waals surface area contributed by atoms with Crippen molar-refractivity contribution in [1.29, 1.82) is 5.41 Å². The van der Waals surface area contributed by atoms with Crippen molar-refractivity contribution in [2.24, 2.45) is 11.8 Å². The van der Waals surface area contributed by atoms with Crippen molar-refractivity contribution in [3.05, 3.63) is 59.4 Å². The molecule has 37 heavy (non-hydrogen) atoms. The Bertz CT molecular complexity index is 1070. The van der Waals surface area contributed by atoms with Gasteiger partial charge in [0.05, 0.1) is 17.6 Å². The van der Waals surface area contributed by atoms with Crippen molar-refractivity contribution < 1.29 is 18.7 Å². The van der Waals surface area contributed by atoms with Crippen LogP contribution in [0.25, 0.3) is 5.57 Å². The first-order chi connectivity index (χ1) is 17.8. The first-order valence-electron chi connectivity index (χ1n) is 12.9. The number of imidazole rings is 1. The smallest absolute Gasteiger partial charge is 0.222 e. The summed E-state index contributed by atoms with van der Waals surface area (Å²) >= 11 is 0. The minimum atomic E-state index is -0.332. The molecule has 0 atom stereocenters. The van der Waals surface area contributed by atoms with E-state index in [-0.39, 0.29) is 17.4 Å². The Morgan fingerprint density at radius 1 is 1.19 bits per heavy atom. The molecule has 2 aromatic rings. The number of hydrogen-bond donors (Lipinski definition) is 2. The van der Waals surface area contributed by atoms with Crippen molar-refractivity contribution in [3.63, 3.8) is 0 Å². The van der Waals surface area contributed by atoms with E-state index < -0.39 is 0 Å². The third-order valence-corrected chi connectivity index (χ3v) is 6.73. The summed E-state index contributed by atoms with van der Waals surface area (Å²) in [7, 11) is 2.11. The molecule has 2 saturated heterocycles. The first-order valence-corrected chi connectivity index (χ1v) is 12.9. The molecule has 8 nitrogen and oxygen atoms in total. The van der Waals surface area contributed by atoms with Crippen molar-refractivity contribution in [2.45, 2.75) is 33.1 Å². The number of aromatic amines is 1. The molecule has 1 aromatic carbocycles. The summed E-state index contributed by atoms with van der Waals surface area (Å²) in [5.74, 6) is 1.26. The SMILES string of the molecule is CC(C)/C(=C/C(=N)c1ccc(F)cc1)c1ncc(C=O)[nH]1.CN1CCN(C(=O)CC2CCOCC2)CC1. The number of aldehydes is 1. The highest BCUT2D eigenvalue weighted by Gasteiger charge is 2.23. The zero-order valence-electron chi connectivity index (χ0n) is 22.0. The molecule has 0 spiro atoms. The van der Waals surface area contributed by atoms with E-state index in [9.17, 15) is 14.0 Å². The van der Waals surface area contributed by atoms with E-state index in [1.807, 2.05) is 18.7 Å². The quantitative estimate of drug-likeness (QED) is 0.431. The van der Waals surface area contributed by atoms with Gasteiger partial charge in [-0.25, -0.2) is 9.37 Å². The Hall–Kier alpha value is -3.17. The fraction of sp³-hybridized carbons (Fsp3) is 0.500. The van der Waals surface area contributed by atoms with Gasteiger partial charge in [0, 0.05) is 45.8 Å². The van der Waals surface area contributed by atoms with E-state index in [0.717, 1.165) is 64.2 Å². The maximum absolute atomic E-state index is 12.9. The second-order valence-corrected chi connectivity index (χ2v) is 9.92. The van der Waals surface area contributed by atoms with Gasteiger partial charge in [-0.2, -0.15) is 0 Å². The lowest BCUT2D eigenvalue weighted by molar-refractivity contribution is -0.134. The number of carbonyl (C=O) groups excluding carboxylic acids is 2. The molecule has 2 N–H and O–H groups in total. The number of aromatic nitrogens is 2. The molecule has 4 rings (SSSR count). The second kappa shape index (κ2) is 13.9. The number of amides is 1. The molecular formula is C28H38FN5O3. The van der Waals surface area contributed by atoms with Gasteiger partial charge in [0.2, 0.25) is 5.91 Å². The number of nitrogens with one attached hydrogen (secondary N) is 2. The van der Waals surface area contributed by atoms with Gasteiger partial charge in [-0.15, -0.1) is 0 Å². The van der Waals surface area contributed by atoms with Gasteiger partial charge in [-0.1, -0.05) is 13.8 Å². The Balaban J connectivity index is 0.000000213. The van der Waals surface area contributed by atoms with E-state index in [1.165, 1.54) is 18.3 Å². The number of halogens is 1. The Morgan fingerprint density at radius 3 is 2.41 bits per heavy atom. The molecule has 200 valence electrons. The van der Waals surface area contributed by atoms with Crippen LogP contribution in [0.3, 0.4) is 0 Å². The second-order valence-electron chi connectivity index (χ2n) is 9.92. The molecule has 2 aliphatic heterocycles. The zero-order valence-corrected chi connectivity index (χ0v) is 22.0. The van der Waals surface area contributed by atoms with Crippen LogP contribution in [0.4, 0.5) is 4.39 Å². The standard InChI is InChI=1S/C16H16FN3O.C12H22N2O2/c1-10(2)14(16-19-8-13(9-21)20-16)7-15(18)11-3-5-12(17)6-4-11;1-13-4-6-14(7-5-13)12(15)10-11-2-8-16-9-3-11/h3-10,18H,1-2H3,(H,19,20);11H,2-10H2,1H3/b14-7-,18-15?;. The van der Waals surface area contributed by atoms with Gasteiger partial charge in [0.1, 0.15) is 11.6 Å². The van der Waals surface area contributed by atoms with Crippen LogP contribution in [-0.4, -0.2) is 84.1 Å². The monoisotopic (exact) mass is 511 g/mol. The van der Waals surface area contributed by atoms with Crippen molar-refractivity contribution in [1.82, 2.24) is 19.8 Å². The van der Waals surface area contributed by atoms with E-state index in [1.54, 1.807) is 18.2 Å². The fourth-order valence-electron chi connectivity index (χ4n) is 4.30. The highest BCUT2D eigenvalue weighted by molar-refractivity contribution is 6.10. The number of allylic oxidation sites excluding steroid dienone is 2. The van der Waals surface area contributed by atoms with Gasteiger partial charge in [-0.3, -0.25) is 9.59 Å². The molecular weight excluding hydrogens is 473 g/mol. The third-order valence-electron chi connectivity index (χ3n) is 6.73. The summed E-state index contributed by atoms with van der Waals surface area (Å²) in [5, 5.41) is 8.11. The normalized spacial score (nSPS) is 17.3. The van der Waals surface area contributed by atoms with E-state index in [4.69, 9.17) is 10.1 Å². The number of rotatable bonds is 7. The Labute approximate surface area is 218 Å². The summed E-state index contributed by atoms with van der Waals surface area (Å²) in [6.45, 7) is 9.46. The predicted molar refractivity (Wildman–Crippen MR) is 142 cm³/mol. The van der Waals surface area contributed by atoms with E-state index in [0.29, 0.717) is 35.2 Å². The molecule has 9 heteroatoms. The third kappa shape index (κ3) is 8.72. The number of ether oxygens (including phenoxy) is 1. The summed E-state index contributed by atoms with van der Waals surface area (Å²) in [5.41, 5.74) is 2.10. The summed E-state index contributed by atoms with van der Waals surface area (Å²) in [6.07, 6.45) is 6.68. The predicted octanol–water partition coefficient (Wildman–Crippen LogP) is 4.05. The molecule has 0 aliphatic carbocycles. The Morgan fingerprint density at radius 2 is 1.84 bits per heavy atom. The maximum Gasteiger partial charge on any atom is 0.222 e. The largest absolute Gasteiger partial charge is 0.381 e.